The van der Waals surface area contributed by atoms with Crippen molar-refractivity contribution >= 4 is 0 Å². The summed E-state index contributed by atoms with van der Waals surface area (Å²) >= 11 is 0. The van der Waals surface area contributed by atoms with Crippen LogP contribution in [0.15, 0.2) is 23.0 Å². The zero-order valence-corrected chi connectivity index (χ0v) is 15.7. The van der Waals surface area contributed by atoms with Crippen molar-refractivity contribution in [2.75, 3.05) is 0 Å². The molecule has 2 aliphatic carbocycles. The highest BCUT2D eigenvalue weighted by atomic mass is 16.3. The van der Waals surface area contributed by atoms with E-state index in [1.807, 2.05) is 13.0 Å². The number of rotatable bonds is 4. The lowest BCUT2D eigenvalue weighted by Gasteiger charge is -2.64. The molecule has 1 aromatic heterocycles. The van der Waals surface area contributed by atoms with E-state index < -0.39 is 11.7 Å². The third-order valence-corrected chi connectivity index (χ3v) is 8.03. The highest BCUT2D eigenvalue weighted by Crippen LogP contribution is 2.64. The Balaban J connectivity index is 1.95. The first-order valence-corrected chi connectivity index (χ1v) is 9.68. The van der Waals surface area contributed by atoms with Gasteiger partial charge in [-0.3, -0.25) is 0 Å². The monoisotopic (exact) mass is 334 g/mol. The minimum Gasteiger partial charge on any atom is -0.472 e. The van der Waals surface area contributed by atoms with Crippen molar-refractivity contribution in [1.82, 2.24) is 0 Å². The lowest BCUT2D eigenvalue weighted by molar-refractivity contribution is -0.242. The highest BCUT2D eigenvalue weighted by Gasteiger charge is 2.63. The molecular formula is C21H34O3. The van der Waals surface area contributed by atoms with E-state index in [0.717, 1.165) is 31.2 Å². The van der Waals surface area contributed by atoms with Crippen molar-refractivity contribution in [3.8, 4) is 0 Å². The second kappa shape index (κ2) is 6.17. The smallest absolute Gasteiger partial charge is 0.0934 e. The van der Waals surface area contributed by atoms with Gasteiger partial charge < -0.3 is 14.6 Å². The first-order chi connectivity index (χ1) is 11.3. The summed E-state index contributed by atoms with van der Waals surface area (Å²) in [6.45, 7) is 8.97. The molecule has 24 heavy (non-hydrogen) atoms. The predicted octanol–water partition coefficient (Wildman–Crippen LogP) is 4.57. The van der Waals surface area contributed by atoms with Gasteiger partial charge in [0.15, 0.2) is 0 Å². The van der Waals surface area contributed by atoms with E-state index in [0.29, 0.717) is 12.3 Å². The van der Waals surface area contributed by atoms with Crippen LogP contribution < -0.4 is 0 Å². The molecule has 3 heteroatoms. The summed E-state index contributed by atoms with van der Waals surface area (Å²) in [7, 11) is 0. The number of hydrogen-bond acceptors (Lipinski definition) is 3. The second-order valence-electron chi connectivity index (χ2n) is 8.98. The van der Waals surface area contributed by atoms with Crippen molar-refractivity contribution in [3.63, 3.8) is 0 Å². The fraction of sp³-hybridized carbons (Fsp3) is 0.810. The molecule has 0 amide bonds. The molecule has 2 saturated carbocycles. The van der Waals surface area contributed by atoms with Crippen LogP contribution in [0, 0.1) is 22.7 Å². The summed E-state index contributed by atoms with van der Waals surface area (Å²) in [5.41, 5.74) is 0.393. The average molecular weight is 335 g/mol. The molecule has 1 aromatic rings. The number of furan rings is 1. The van der Waals surface area contributed by atoms with Crippen LogP contribution in [-0.4, -0.2) is 21.9 Å². The van der Waals surface area contributed by atoms with Crippen LogP contribution in [0.4, 0.5) is 0 Å². The van der Waals surface area contributed by atoms with Gasteiger partial charge in [0.1, 0.15) is 0 Å². The zero-order chi connectivity index (χ0) is 17.6. The Kier molecular flexibility index (Phi) is 4.63. The summed E-state index contributed by atoms with van der Waals surface area (Å²) in [5, 5.41) is 22.7. The normalized spacial score (nSPS) is 45.8. The van der Waals surface area contributed by atoms with Crippen LogP contribution in [0.1, 0.15) is 71.8 Å². The Morgan fingerprint density at radius 2 is 2.04 bits per heavy atom. The van der Waals surface area contributed by atoms with Gasteiger partial charge in [-0.05, 0) is 55.1 Å². The summed E-state index contributed by atoms with van der Waals surface area (Å²) in [6, 6.07) is 1.98. The van der Waals surface area contributed by atoms with E-state index in [4.69, 9.17) is 4.42 Å². The van der Waals surface area contributed by atoms with Crippen LogP contribution in [-0.2, 0) is 6.42 Å². The number of aliphatic hydroxyl groups excluding tert-OH is 1. The Morgan fingerprint density at radius 3 is 2.67 bits per heavy atom. The molecule has 6 atom stereocenters. The van der Waals surface area contributed by atoms with Crippen molar-refractivity contribution in [2.24, 2.45) is 22.7 Å². The third-order valence-electron chi connectivity index (χ3n) is 8.03. The molecule has 2 aliphatic rings. The average Bonchev–Trinajstić information content (AvgIpc) is 3.07. The van der Waals surface area contributed by atoms with E-state index in [9.17, 15) is 10.2 Å². The van der Waals surface area contributed by atoms with Crippen LogP contribution in [0.5, 0.6) is 0 Å². The Bertz CT molecular complexity index is 553. The highest BCUT2D eigenvalue weighted by molar-refractivity contribution is 5.15. The van der Waals surface area contributed by atoms with Crippen molar-refractivity contribution in [1.29, 1.82) is 0 Å². The summed E-state index contributed by atoms with van der Waals surface area (Å²) < 4.78 is 5.19. The standard InChI is InChI=1S/C21H34O3/c1-5-19(3)9-6-10-20(4)18(19)13-17(22)15(2)21(20,23)11-7-16-8-12-24-14-16/h8,12,14-15,17-18,22-23H,5-7,9-11,13H2,1-4H3/t15-,17+,18+,19-,20+,21-/m1/s1. The quantitative estimate of drug-likeness (QED) is 0.848. The molecule has 2 fully saturated rings. The molecule has 0 aliphatic heterocycles. The van der Waals surface area contributed by atoms with Crippen molar-refractivity contribution in [3.05, 3.63) is 24.2 Å². The summed E-state index contributed by atoms with van der Waals surface area (Å²) in [6.07, 6.45) is 9.93. The number of fused-ring (bicyclic) bond motifs is 1. The third kappa shape index (κ3) is 2.55. The maximum Gasteiger partial charge on any atom is 0.0934 e. The van der Waals surface area contributed by atoms with Crippen LogP contribution >= 0.6 is 0 Å². The second-order valence-corrected chi connectivity index (χ2v) is 8.98. The molecule has 3 nitrogen and oxygen atoms in total. The first-order valence-electron chi connectivity index (χ1n) is 9.68. The van der Waals surface area contributed by atoms with Crippen molar-refractivity contribution < 1.29 is 14.6 Å². The Hall–Kier alpha value is -0.800. The largest absolute Gasteiger partial charge is 0.472 e. The maximum absolute atomic E-state index is 11.9. The molecule has 0 spiro atoms. The van der Waals surface area contributed by atoms with Crippen LogP contribution in [0.3, 0.4) is 0 Å². The van der Waals surface area contributed by atoms with Gasteiger partial charge in [0.25, 0.3) is 0 Å². The number of aliphatic hydroxyl groups is 2. The topological polar surface area (TPSA) is 53.6 Å². The predicted molar refractivity (Wildman–Crippen MR) is 95.6 cm³/mol. The van der Waals surface area contributed by atoms with Gasteiger partial charge in [-0.25, -0.2) is 0 Å². The lowest BCUT2D eigenvalue weighted by atomic mass is 9.43. The molecule has 2 N–H and O–H groups in total. The van der Waals surface area contributed by atoms with Gasteiger partial charge in [-0.15, -0.1) is 0 Å². The molecule has 0 radical (unpaired) electrons. The van der Waals surface area contributed by atoms with E-state index >= 15 is 0 Å². The summed E-state index contributed by atoms with van der Waals surface area (Å²) in [4.78, 5) is 0. The molecule has 136 valence electrons. The minimum absolute atomic E-state index is 0.0927. The van der Waals surface area contributed by atoms with Gasteiger partial charge in [-0.2, -0.15) is 0 Å². The van der Waals surface area contributed by atoms with E-state index in [-0.39, 0.29) is 16.7 Å². The SMILES string of the molecule is CC[C@]1(C)CCC[C@@]2(C)[C@H]1C[C@H](O)[C@@H](C)[C@]2(O)CCc1ccoc1. The van der Waals surface area contributed by atoms with E-state index in [1.54, 1.807) is 12.5 Å². The summed E-state index contributed by atoms with van der Waals surface area (Å²) in [5.74, 6) is 0.286. The van der Waals surface area contributed by atoms with Crippen LogP contribution in [0.25, 0.3) is 0 Å². The fourth-order valence-corrected chi connectivity index (χ4v) is 6.03. The zero-order valence-electron chi connectivity index (χ0n) is 15.7. The molecule has 0 aromatic carbocycles. The fourth-order valence-electron chi connectivity index (χ4n) is 6.03. The molecule has 3 rings (SSSR count). The van der Waals surface area contributed by atoms with E-state index in [1.165, 1.54) is 12.8 Å². The molecule has 0 unspecified atom stereocenters. The molecule has 1 heterocycles. The van der Waals surface area contributed by atoms with Gasteiger partial charge in [0.2, 0.25) is 0 Å². The van der Waals surface area contributed by atoms with E-state index in [2.05, 4.69) is 20.8 Å². The first kappa shape index (κ1) is 18.0. The Morgan fingerprint density at radius 1 is 1.29 bits per heavy atom. The van der Waals surface area contributed by atoms with Crippen molar-refractivity contribution in [2.45, 2.75) is 84.3 Å². The van der Waals surface area contributed by atoms with Crippen LogP contribution in [0.2, 0.25) is 0 Å². The minimum atomic E-state index is -0.830. The van der Waals surface area contributed by atoms with Gasteiger partial charge in [0.05, 0.1) is 24.2 Å². The van der Waals surface area contributed by atoms with Gasteiger partial charge in [0, 0.05) is 11.3 Å². The number of hydrogen-bond donors (Lipinski definition) is 2. The lowest BCUT2D eigenvalue weighted by Crippen LogP contribution is -2.66. The molecular weight excluding hydrogens is 300 g/mol. The van der Waals surface area contributed by atoms with Gasteiger partial charge >= 0.3 is 0 Å². The van der Waals surface area contributed by atoms with Gasteiger partial charge in [-0.1, -0.05) is 40.5 Å². The number of aryl methyl sites for hydroxylation is 1. The molecule has 0 saturated heterocycles. The maximum atomic E-state index is 11.9. The molecule has 0 bridgehead atoms. The Labute approximate surface area is 146 Å².